The lowest BCUT2D eigenvalue weighted by Gasteiger charge is -2.22. The van der Waals surface area contributed by atoms with Gasteiger partial charge in [0.2, 0.25) is 0 Å². The van der Waals surface area contributed by atoms with E-state index in [0.717, 1.165) is 42.9 Å². The van der Waals surface area contributed by atoms with Gasteiger partial charge in [0.1, 0.15) is 0 Å². The van der Waals surface area contributed by atoms with Gasteiger partial charge in [0, 0.05) is 52.0 Å². The summed E-state index contributed by atoms with van der Waals surface area (Å²) in [5.74, 6) is 0. The summed E-state index contributed by atoms with van der Waals surface area (Å²) in [7, 11) is 0. The Bertz CT molecular complexity index is 1300. The predicted molar refractivity (Wildman–Crippen MR) is 146 cm³/mol. The smallest absolute Gasteiger partial charge is 0.0741 e. The van der Waals surface area contributed by atoms with Gasteiger partial charge in [-0.25, -0.2) is 0 Å². The van der Waals surface area contributed by atoms with Gasteiger partial charge in [0.15, 0.2) is 0 Å². The summed E-state index contributed by atoms with van der Waals surface area (Å²) in [6.45, 7) is 6.00. The summed E-state index contributed by atoms with van der Waals surface area (Å²) in [5, 5.41) is 7.12. The molecule has 2 aromatic heterocycles. The number of rotatable bonds is 10. The minimum atomic E-state index is 0.758. The lowest BCUT2D eigenvalue weighted by Crippen LogP contribution is -2.12. The fourth-order valence-corrected chi connectivity index (χ4v) is 5.57. The summed E-state index contributed by atoms with van der Waals surface area (Å²) in [6, 6.07) is 14.8. The van der Waals surface area contributed by atoms with E-state index in [-0.39, 0.29) is 0 Å². The molecule has 0 aliphatic heterocycles. The van der Waals surface area contributed by atoms with E-state index in [4.69, 9.17) is 16.6 Å². The van der Waals surface area contributed by atoms with Crippen LogP contribution >= 0.6 is 11.6 Å². The third-order valence-electron chi connectivity index (χ3n) is 7.09. The van der Waals surface area contributed by atoms with E-state index in [2.05, 4.69) is 53.0 Å². The monoisotopic (exact) mass is 471 g/mol. The maximum absolute atomic E-state index is 6.26. The zero-order valence-electron chi connectivity index (χ0n) is 20.0. The molecule has 0 unspecified atom stereocenters. The Hall–Kier alpha value is -2.78. The largest absolute Gasteiger partial charge is 0.384 e. The first-order valence-corrected chi connectivity index (χ1v) is 13.1. The molecule has 34 heavy (non-hydrogen) atoms. The molecule has 4 aromatic rings. The van der Waals surface area contributed by atoms with Crippen molar-refractivity contribution in [2.24, 2.45) is 0 Å². The van der Waals surface area contributed by atoms with E-state index < -0.39 is 0 Å². The van der Waals surface area contributed by atoms with Crippen molar-refractivity contribution >= 4 is 39.1 Å². The summed E-state index contributed by atoms with van der Waals surface area (Å²) >= 11 is 6.26. The van der Waals surface area contributed by atoms with E-state index in [9.17, 15) is 0 Å². The van der Waals surface area contributed by atoms with E-state index in [0.29, 0.717) is 0 Å². The molecule has 2 heterocycles. The first-order valence-electron chi connectivity index (χ1n) is 12.8. The zero-order valence-corrected chi connectivity index (χ0v) is 20.7. The number of aryl methyl sites for hydroxylation is 2. The summed E-state index contributed by atoms with van der Waals surface area (Å²) < 4.78 is 2.42. The average Bonchev–Trinajstić information content (AvgIpc) is 3.20. The third-order valence-corrected chi connectivity index (χ3v) is 7.32. The lowest BCUT2D eigenvalue weighted by atomic mass is 9.92. The Morgan fingerprint density at radius 1 is 1.00 bits per heavy atom. The van der Waals surface area contributed by atoms with Crippen LogP contribution in [0.5, 0.6) is 0 Å². The van der Waals surface area contributed by atoms with Crippen LogP contribution in [-0.4, -0.2) is 16.1 Å². The number of unbranched alkanes of at least 4 members (excludes halogenated alkanes) is 3. The molecule has 0 spiro atoms. The Morgan fingerprint density at radius 3 is 2.76 bits per heavy atom. The van der Waals surface area contributed by atoms with Crippen molar-refractivity contribution in [3.8, 4) is 0 Å². The van der Waals surface area contributed by atoms with Gasteiger partial charge in [-0.2, -0.15) is 0 Å². The second-order valence-corrected chi connectivity index (χ2v) is 9.92. The topological polar surface area (TPSA) is 29.9 Å². The number of nitrogens with zero attached hydrogens (tertiary/aromatic N) is 2. The van der Waals surface area contributed by atoms with Crippen LogP contribution in [0, 0.1) is 0 Å². The molecule has 3 nitrogen and oxygen atoms in total. The van der Waals surface area contributed by atoms with Gasteiger partial charge in [-0.15, -0.1) is 6.58 Å². The molecule has 4 heteroatoms. The van der Waals surface area contributed by atoms with Gasteiger partial charge in [-0.1, -0.05) is 48.7 Å². The van der Waals surface area contributed by atoms with Gasteiger partial charge in [-0.3, -0.25) is 4.98 Å². The van der Waals surface area contributed by atoms with Crippen molar-refractivity contribution < 1.29 is 0 Å². The molecule has 1 N–H and O–H groups in total. The first-order chi connectivity index (χ1) is 16.7. The number of aromatic nitrogens is 2. The molecule has 0 saturated heterocycles. The van der Waals surface area contributed by atoms with E-state index in [1.165, 1.54) is 77.3 Å². The molecule has 0 atom stereocenters. The van der Waals surface area contributed by atoms with Crippen molar-refractivity contribution in [3.63, 3.8) is 0 Å². The summed E-state index contributed by atoms with van der Waals surface area (Å²) in [5.41, 5.74) is 7.73. The molecular weight excluding hydrogens is 438 g/mol. The minimum Gasteiger partial charge on any atom is -0.384 e. The van der Waals surface area contributed by atoms with Gasteiger partial charge < -0.3 is 9.88 Å². The number of fused-ring (bicyclic) bond motifs is 3. The first kappa shape index (κ1) is 23.0. The van der Waals surface area contributed by atoms with Crippen LogP contribution in [0.4, 0.5) is 5.69 Å². The quantitative estimate of drug-likeness (QED) is 0.187. The number of benzene rings is 2. The van der Waals surface area contributed by atoms with Crippen LogP contribution in [0.3, 0.4) is 0 Å². The minimum absolute atomic E-state index is 0.758. The number of hydrogen-bond donors (Lipinski definition) is 1. The standard InChI is InChI=1S/C30H34ClN3/c1-2-11-22-21-34(29-15-8-6-12-24(22)29)19-10-4-3-9-18-32-30-25-13-5-7-14-27(25)33-28-20-23(31)16-17-26(28)30/h2,6,8,12,15-17,20-21H,1,3-5,7,9-11,13-14,18-19H2,(H,32,33). The van der Waals surface area contributed by atoms with Gasteiger partial charge in [0.25, 0.3) is 0 Å². The van der Waals surface area contributed by atoms with Gasteiger partial charge >= 0.3 is 0 Å². The van der Waals surface area contributed by atoms with Crippen LogP contribution in [0.15, 0.2) is 61.3 Å². The molecule has 0 bridgehead atoms. The van der Waals surface area contributed by atoms with Crippen molar-refractivity contribution in [1.82, 2.24) is 9.55 Å². The Morgan fingerprint density at radius 2 is 1.85 bits per heavy atom. The molecule has 1 aliphatic rings. The molecule has 0 fully saturated rings. The van der Waals surface area contributed by atoms with Crippen LogP contribution in [0.1, 0.15) is 55.3 Å². The molecule has 0 saturated carbocycles. The number of para-hydroxylation sites is 1. The summed E-state index contributed by atoms with van der Waals surface area (Å²) in [6.07, 6.45) is 14.8. The lowest BCUT2D eigenvalue weighted by molar-refractivity contribution is 0.587. The zero-order chi connectivity index (χ0) is 23.3. The average molecular weight is 472 g/mol. The number of halogens is 1. The van der Waals surface area contributed by atoms with E-state index in [1.54, 1.807) is 0 Å². The highest BCUT2D eigenvalue weighted by molar-refractivity contribution is 6.31. The van der Waals surface area contributed by atoms with Crippen LogP contribution in [0.25, 0.3) is 21.8 Å². The Kier molecular flexibility index (Phi) is 7.20. The molecular formula is C30H34ClN3. The highest BCUT2D eigenvalue weighted by Crippen LogP contribution is 2.34. The fourth-order valence-electron chi connectivity index (χ4n) is 5.40. The highest BCUT2D eigenvalue weighted by atomic mass is 35.5. The maximum atomic E-state index is 6.26. The van der Waals surface area contributed by atoms with Crippen LogP contribution in [-0.2, 0) is 25.8 Å². The van der Waals surface area contributed by atoms with Gasteiger partial charge in [0.05, 0.1) is 5.52 Å². The molecule has 2 aromatic carbocycles. The van der Waals surface area contributed by atoms with Crippen molar-refractivity contribution in [2.75, 3.05) is 11.9 Å². The van der Waals surface area contributed by atoms with Crippen molar-refractivity contribution in [3.05, 3.63) is 83.2 Å². The molecule has 0 amide bonds. The fraction of sp³-hybridized carbons (Fsp3) is 0.367. The second-order valence-electron chi connectivity index (χ2n) is 9.48. The third kappa shape index (κ3) is 4.86. The second kappa shape index (κ2) is 10.7. The number of pyridine rings is 1. The molecule has 5 rings (SSSR count). The summed E-state index contributed by atoms with van der Waals surface area (Å²) in [4.78, 5) is 4.94. The van der Waals surface area contributed by atoms with Crippen LogP contribution < -0.4 is 5.32 Å². The SMILES string of the molecule is C=CCc1cn(CCCCCCNc2c3c(nc4cc(Cl)ccc24)CCCC3)c2ccccc12. The predicted octanol–water partition coefficient (Wildman–Crippen LogP) is 8.12. The number of nitrogens with one attached hydrogen (secondary N) is 1. The number of anilines is 1. The molecule has 0 radical (unpaired) electrons. The molecule has 176 valence electrons. The maximum Gasteiger partial charge on any atom is 0.0741 e. The number of allylic oxidation sites excluding steroid dienone is 1. The Labute approximate surface area is 207 Å². The van der Waals surface area contributed by atoms with Gasteiger partial charge in [-0.05, 0) is 80.3 Å². The number of hydrogen-bond acceptors (Lipinski definition) is 2. The van der Waals surface area contributed by atoms with Crippen molar-refractivity contribution in [2.45, 2.75) is 64.3 Å². The van der Waals surface area contributed by atoms with E-state index in [1.807, 2.05) is 18.2 Å². The van der Waals surface area contributed by atoms with Crippen LogP contribution in [0.2, 0.25) is 5.02 Å². The van der Waals surface area contributed by atoms with Crippen molar-refractivity contribution in [1.29, 1.82) is 0 Å². The van der Waals surface area contributed by atoms with E-state index >= 15 is 0 Å². The Balaban J connectivity index is 1.16. The highest BCUT2D eigenvalue weighted by Gasteiger charge is 2.18. The normalized spacial score (nSPS) is 13.3. The molecule has 1 aliphatic carbocycles.